The summed E-state index contributed by atoms with van der Waals surface area (Å²) in [6, 6.07) is 10.7. The van der Waals surface area contributed by atoms with Crippen LogP contribution in [0.5, 0.6) is 5.75 Å². The van der Waals surface area contributed by atoms with Gasteiger partial charge in [-0.2, -0.15) is 5.10 Å². The van der Waals surface area contributed by atoms with E-state index < -0.39 is 16.5 Å². The Morgan fingerprint density at radius 3 is 2.53 bits per heavy atom. The zero-order valence-electron chi connectivity index (χ0n) is 18.7. The molecule has 4 aromatic rings. The van der Waals surface area contributed by atoms with E-state index in [1.165, 1.54) is 41.2 Å². The topological polar surface area (TPSA) is 127 Å². The van der Waals surface area contributed by atoms with E-state index in [1.807, 2.05) is 19.9 Å². The minimum Gasteiger partial charge on any atom is -0.485 e. The lowest BCUT2D eigenvalue weighted by molar-refractivity contribution is -0.384. The van der Waals surface area contributed by atoms with E-state index in [9.17, 15) is 19.7 Å². The monoisotopic (exact) mass is 463 g/mol. The molecule has 10 heteroatoms. The van der Waals surface area contributed by atoms with Crippen molar-refractivity contribution in [3.8, 4) is 11.4 Å². The molecule has 0 unspecified atom stereocenters. The molecule has 2 heterocycles. The molecule has 4 rings (SSSR count). The number of esters is 1. The number of fused-ring (bicyclic) bond motifs is 1. The zero-order valence-corrected chi connectivity index (χ0v) is 18.7. The van der Waals surface area contributed by atoms with Gasteiger partial charge in [0.25, 0.3) is 5.69 Å². The summed E-state index contributed by atoms with van der Waals surface area (Å²) < 4.78 is 17.7. The van der Waals surface area contributed by atoms with Gasteiger partial charge in [-0.1, -0.05) is 0 Å². The molecule has 174 valence electrons. The number of hydrogen-bond donors (Lipinski definition) is 0. The number of nitro benzene ring substituents is 1. The fourth-order valence-electron chi connectivity index (χ4n) is 3.42. The van der Waals surface area contributed by atoms with Crippen LogP contribution in [0, 0.1) is 24.0 Å². The Labute approximate surface area is 193 Å². The molecule has 0 N–H and O–H groups in total. The Morgan fingerprint density at radius 2 is 1.85 bits per heavy atom. The van der Waals surface area contributed by atoms with Crippen LogP contribution < -0.4 is 10.4 Å². The van der Waals surface area contributed by atoms with Crippen LogP contribution >= 0.6 is 0 Å². The van der Waals surface area contributed by atoms with Gasteiger partial charge in [-0.15, -0.1) is 0 Å². The van der Waals surface area contributed by atoms with Crippen LogP contribution in [0.2, 0.25) is 0 Å². The van der Waals surface area contributed by atoms with Crippen LogP contribution in [0.4, 0.5) is 5.69 Å². The first-order valence-electron chi connectivity index (χ1n) is 10.4. The second kappa shape index (κ2) is 9.18. The number of hydrogen-bond acceptors (Lipinski definition) is 8. The maximum absolute atomic E-state index is 12.5. The first-order chi connectivity index (χ1) is 16.3. The van der Waals surface area contributed by atoms with Crippen molar-refractivity contribution in [3.63, 3.8) is 0 Å². The van der Waals surface area contributed by atoms with E-state index in [2.05, 4.69) is 5.10 Å². The highest BCUT2D eigenvalue weighted by atomic mass is 16.6. The predicted octanol–water partition coefficient (Wildman–Crippen LogP) is 4.26. The lowest BCUT2D eigenvalue weighted by Gasteiger charge is -2.09. The Morgan fingerprint density at radius 1 is 1.15 bits per heavy atom. The van der Waals surface area contributed by atoms with Gasteiger partial charge in [0, 0.05) is 29.1 Å². The van der Waals surface area contributed by atoms with Gasteiger partial charge >= 0.3 is 11.6 Å². The largest absolute Gasteiger partial charge is 0.485 e. The molecule has 0 radical (unpaired) electrons. The van der Waals surface area contributed by atoms with Gasteiger partial charge in [-0.05, 0) is 56.2 Å². The van der Waals surface area contributed by atoms with E-state index in [1.54, 1.807) is 13.0 Å². The van der Waals surface area contributed by atoms with Gasteiger partial charge in [0.05, 0.1) is 23.4 Å². The molecule has 0 spiro atoms. The highest BCUT2D eigenvalue weighted by molar-refractivity contribution is 5.90. The first-order valence-corrected chi connectivity index (χ1v) is 10.4. The summed E-state index contributed by atoms with van der Waals surface area (Å²) in [6.07, 6.45) is 1.48. The van der Waals surface area contributed by atoms with E-state index in [4.69, 9.17) is 13.9 Å². The smallest absolute Gasteiger partial charge is 0.362 e. The molecule has 0 aliphatic heterocycles. The summed E-state index contributed by atoms with van der Waals surface area (Å²) in [4.78, 5) is 35.0. The van der Waals surface area contributed by atoms with Crippen molar-refractivity contribution in [1.29, 1.82) is 0 Å². The number of carbonyl (C=O) groups excluding carboxylic acids is 1. The maximum Gasteiger partial charge on any atom is 0.362 e. The van der Waals surface area contributed by atoms with E-state index >= 15 is 0 Å². The molecule has 0 amide bonds. The van der Waals surface area contributed by atoms with Crippen LogP contribution in [-0.2, 0) is 11.3 Å². The molecule has 0 saturated carbocycles. The van der Waals surface area contributed by atoms with Crippen LogP contribution in [0.15, 0.2) is 57.9 Å². The molecule has 0 fully saturated rings. The van der Waals surface area contributed by atoms with Gasteiger partial charge in [-0.3, -0.25) is 10.1 Å². The lowest BCUT2D eigenvalue weighted by Crippen LogP contribution is -2.09. The van der Waals surface area contributed by atoms with Gasteiger partial charge in [-0.25, -0.2) is 14.3 Å². The average Bonchev–Trinajstić information content (AvgIpc) is 3.23. The molecule has 0 aliphatic carbocycles. The third-order valence-corrected chi connectivity index (χ3v) is 5.30. The maximum atomic E-state index is 12.5. The number of aryl methyl sites for hydroxylation is 2. The molecule has 2 aromatic heterocycles. The summed E-state index contributed by atoms with van der Waals surface area (Å²) in [5.74, 6) is -0.538. The standard InChI is InChI=1S/C24H21N3O7/c1-4-32-24(29)23-21(12-26(25-23)17-5-7-18(8-6-17)27(30)31)33-13-16-11-22(28)34-20-10-15(3)14(2)9-19(16)20/h5-12H,4,13H2,1-3H3. The fraction of sp³-hybridized carbons (Fsp3) is 0.208. The molecule has 2 aromatic carbocycles. The minimum absolute atomic E-state index is 0.0248. The predicted molar refractivity (Wildman–Crippen MR) is 122 cm³/mol. The summed E-state index contributed by atoms with van der Waals surface area (Å²) in [6.45, 7) is 5.67. The molecule has 0 atom stereocenters. The lowest BCUT2D eigenvalue weighted by atomic mass is 10.0. The summed E-state index contributed by atoms with van der Waals surface area (Å²) in [5, 5.41) is 15.9. The highest BCUT2D eigenvalue weighted by Crippen LogP contribution is 2.26. The van der Waals surface area contributed by atoms with E-state index in [-0.39, 0.29) is 30.3 Å². The number of nitrogens with zero attached hydrogens (tertiary/aromatic N) is 3. The van der Waals surface area contributed by atoms with Crippen LogP contribution in [0.1, 0.15) is 34.1 Å². The van der Waals surface area contributed by atoms with E-state index in [0.29, 0.717) is 16.8 Å². The van der Waals surface area contributed by atoms with Crippen molar-refractivity contribution in [3.05, 3.63) is 91.6 Å². The third kappa shape index (κ3) is 4.51. The van der Waals surface area contributed by atoms with Crippen molar-refractivity contribution in [2.24, 2.45) is 0 Å². The quantitative estimate of drug-likeness (QED) is 0.172. The molecule has 0 saturated heterocycles. The van der Waals surface area contributed by atoms with Crippen LogP contribution in [0.3, 0.4) is 0 Å². The molecular weight excluding hydrogens is 442 g/mol. The molecular formula is C24H21N3O7. The van der Waals surface area contributed by atoms with Gasteiger partial charge in [0.1, 0.15) is 12.2 Å². The number of carbonyl (C=O) groups is 1. The van der Waals surface area contributed by atoms with Gasteiger partial charge in [0.2, 0.25) is 5.69 Å². The number of ether oxygens (including phenoxy) is 2. The van der Waals surface area contributed by atoms with Crippen molar-refractivity contribution < 1.29 is 23.6 Å². The fourth-order valence-corrected chi connectivity index (χ4v) is 3.42. The van der Waals surface area contributed by atoms with E-state index in [0.717, 1.165) is 16.5 Å². The number of benzene rings is 2. The summed E-state index contributed by atoms with van der Waals surface area (Å²) in [7, 11) is 0. The number of rotatable bonds is 7. The highest BCUT2D eigenvalue weighted by Gasteiger charge is 2.21. The number of aromatic nitrogens is 2. The first kappa shape index (κ1) is 22.7. The van der Waals surface area contributed by atoms with Gasteiger partial charge < -0.3 is 13.9 Å². The molecule has 0 aliphatic rings. The number of nitro groups is 1. The minimum atomic E-state index is -0.679. The van der Waals surface area contributed by atoms with Crippen LogP contribution in [0.25, 0.3) is 16.7 Å². The Kier molecular flexibility index (Phi) is 6.13. The summed E-state index contributed by atoms with van der Waals surface area (Å²) >= 11 is 0. The second-order valence-electron chi connectivity index (χ2n) is 7.59. The Hall–Kier alpha value is -4.47. The number of non-ortho nitro benzene ring substituents is 1. The van der Waals surface area contributed by atoms with Crippen LogP contribution in [-0.4, -0.2) is 27.3 Å². The Balaban J connectivity index is 1.70. The molecule has 34 heavy (non-hydrogen) atoms. The molecule has 10 nitrogen and oxygen atoms in total. The third-order valence-electron chi connectivity index (χ3n) is 5.30. The average molecular weight is 463 g/mol. The zero-order chi connectivity index (χ0) is 24.4. The van der Waals surface area contributed by atoms with Crippen molar-refractivity contribution in [2.45, 2.75) is 27.4 Å². The Bertz CT molecular complexity index is 1450. The van der Waals surface area contributed by atoms with Crippen molar-refractivity contribution in [2.75, 3.05) is 6.61 Å². The van der Waals surface area contributed by atoms with Gasteiger partial charge in [0.15, 0.2) is 5.75 Å². The molecule has 0 bridgehead atoms. The SMILES string of the molecule is CCOC(=O)c1nn(-c2ccc([N+](=O)[O-])cc2)cc1OCc1cc(=O)oc2cc(C)c(C)cc12. The van der Waals surface area contributed by atoms with Crippen molar-refractivity contribution >= 4 is 22.6 Å². The second-order valence-corrected chi connectivity index (χ2v) is 7.59. The summed E-state index contributed by atoms with van der Waals surface area (Å²) in [5.41, 5.74) is 2.90. The normalized spacial score (nSPS) is 10.9. The van der Waals surface area contributed by atoms with Crippen molar-refractivity contribution in [1.82, 2.24) is 9.78 Å².